The Morgan fingerprint density at radius 3 is 2.68 bits per heavy atom. The fourth-order valence-electron chi connectivity index (χ4n) is 2.88. The van der Waals surface area contributed by atoms with Gasteiger partial charge in [-0.25, -0.2) is 9.97 Å². The number of fused-ring (bicyclic) bond motifs is 1. The summed E-state index contributed by atoms with van der Waals surface area (Å²) >= 11 is 0. The summed E-state index contributed by atoms with van der Waals surface area (Å²) in [6.45, 7) is 11.7. The molecule has 1 aromatic carbocycles. The summed E-state index contributed by atoms with van der Waals surface area (Å²) in [6.07, 6.45) is 3.08. The zero-order valence-electron chi connectivity index (χ0n) is 14.1. The van der Waals surface area contributed by atoms with Crippen LogP contribution in [-0.2, 0) is 24.9 Å². The van der Waals surface area contributed by atoms with Crippen LogP contribution in [0.4, 0.5) is 0 Å². The molecule has 22 heavy (non-hydrogen) atoms. The lowest BCUT2D eigenvalue weighted by molar-refractivity contribution is 0.239. The van der Waals surface area contributed by atoms with E-state index in [9.17, 15) is 0 Å². The Hall–Kier alpha value is -1.74. The molecule has 0 amide bonds. The number of hydrogen-bond donors (Lipinski definition) is 0. The lowest BCUT2D eigenvalue weighted by atomic mass is 9.95. The molecular formula is C19H25N3. The minimum atomic E-state index is 0.00727. The number of rotatable bonds is 2. The number of benzene rings is 1. The Bertz CT molecular complexity index is 671. The van der Waals surface area contributed by atoms with Crippen molar-refractivity contribution in [2.45, 2.75) is 52.6 Å². The Labute approximate surface area is 133 Å². The van der Waals surface area contributed by atoms with E-state index in [-0.39, 0.29) is 5.41 Å². The maximum Gasteiger partial charge on any atom is 0.133 e. The van der Waals surface area contributed by atoms with E-state index in [4.69, 9.17) is 4.98 Å². The fourth-order valence-corrected chi connectivity index (χ4v) is 2.88. The van der Waals surface area contributed by atoms with Crippen LogP contribution in [0.1, 0.15) is 49.0 Å². The lowest BCUT2D eigenvalue weighted by Gasteiger charge is -2.29. The Morgan fingerprint density at radius 1 is 1.18 bits per heavy atom. The van der Waals surface area contributed by atoms with Crippen LogP contribution in [-0.4, -0.2) is 21.4 Å². The summed E-state index contributed by atoms with van der Waals surface area (Å²) in [4.78, 5) is 11.9. The highest BCUT2D eigenvalue weighted by Gasteiger charge is 2.23. The second-order valence-electron chi connectivity index (χ2n) is 7.30. The molecule has 3 heteroatoms. The second kappa shape index (κ2) is 5.81. The SMILES string of the molecule is Cc1ccccc1CN1CCc2cnc(C(C)(C)C)nc2C1. The second-order valence-corrected chi connectivity index (χ2v) is 7.30. The van der Waals surface area contributed by atoms with Crippen molar-refractivity contribution in [3.8, 4) is 0 Å². The molecule has 1 aliphatic heterocycles. The van der Waals surface area contributed by atoms with Crippen LogP contribution in [0.25, 0.3) is 0 Å². The highest BCUT2D eigenvalue weighted by atomic mass is 15.1. The standard InChI is InChI=1S/C19H25N3/c1-14-7-5-6-8-16(14)12-22-10-9-15-11-20-18(19(2,3)4)21-17(15)13-22/h5-8,11H,9-10,12-13H2,1-4H3. The van der Waals surface area contributed by atoms with Gasteiger partial charge in [0, 0.05) is 31.2 Å². The Morgan fingerprint density at radius 2 is 1.95 bits per heavy atom. The number of aryl methyl sites for hydroxylation is 1. The summed E-state index contributed by atoms with van der Waals surface area (Å²) < 4.78 is 0. The maximum absolute atomic E-state index is 4.85. The van der Waals surface area contributed by atoms with Gasteiger partial charge in [0.2, 0.25) is 0 Å². The molecule has 116 valence electrons. The van der Waals surface area contributed by atoms with Crippen LogP contribution >= 0.6 is 0 Å². The Kier molecular flexibility index (Phi) is 4.00. The van der Waals surface area contributed by atoms with E-state index in [1.807, 2.05) is 6.20 Å². The summed E-state index contributed by atoms with van der Waals surface area (Å²) in [7, 11) is 0. The van der Waals surface area contributed by atoms with Gasteiger partial charge < -0.3 is 0 Å². The van der Waals surface area contributed by atoms with Crippen molar-refractivity contribution in [1.29, 1.82) is 0 Å². The molecular weight excluding hydrogens is 270 g/mol. The third-order valence-electron chi connectivity index (χ3n) is 4.35. The first-order chi connectivity index (χ1) is 10.4. The third-order valence-corrected chi connectivity index (χ3v) is 4.35. The zero-order chi connectivity index (χ0) is 15.7. The smallest absolute Gasteiger partial charge is 0.133 e. The van der Waals surface area contributed by atoms with Gasteiger partial charge in [0.1, 0.15) is 5.82 Å². The van der Waals surface area contributed by atoms with Crippen molar-refractivity contribution < 1.29 is 0 Å². The van der Waals surface area contributed by atoms with Crippen molar-refractivity contribution >= 4 is 0 Å². The van der Waals surface area contributed by atoms with Crippen molar-refractivity contribution in [1.82, 2.24) is 14.9 Å². The van der Waals surface area contributed by atoms with Crippen LogP contribution in [0.3, 0.4) is 0 Å². The predicted octanol–water partition coefficient (Wildman–Crippen LogP) is 3.64. The fraction of sp³-hybridized carbons (Fsp3) is 0.474. The monoisotopic (exact) mass is 295 g/mol. The molecule has 0 saturated heterocycles. The summed E-state index contributed by atoms with van der Waals surface area (Å²) in [5, 5.41) is 0. The van der Waals surface area contributed by atoms with Crippen LogP contribution in [0.5, 0.6) is 0 Å². The van der Waals surface area contributed by atoms with Gasteiger partial charge in [0.05, 0.1) is 5.69 Å². The molecule has 0 N–H and O–H groups in total. The van der Waals surface area contributed by atoms with E-state index in [1.165, 1.54) is 22.4 Å². The molecule has 2 heterocycles. The zero-order valence-corrected chi connectivity index (χ0v) is 14.1. The van der Waals surface area contributed by atoms with Gasteiger partial charge in [0.15, 0.2) is 0 Å². The van der Waals surface area contributed by atoms with Crippen LogP contribution in [0, 0.1) is 6.92 Å². The van der Waals surface area contributed by atoms with Crippen molar-refractivity contribution in [2.75, 3.05) is 6.54 Å². The van der Waals surface area contributed by atoms with Crippen LogP contribution < -0.4 is 0 Å². The molecule has 1 aliphatic rings. The first-order valence-electron chi connectivity index (χ1n) is 8.05. The van der Waals surface area contributed by atoms with Gasteiger partial charge in [-0.3, -0.25) is 4.90 Å². The van der Waals surface area contributed by atoms with E-state index in [0.29, 0.717) is 0 Å². The van der Waals surface area contributed by atoms with E-state index in [2.05, 4.69) is 61.8 Å². The van der Waals surface area contributed by atoms with Crippen LogP contribution in [0.2, 0.25) is 0 Å². The molecule has 0 saturated carbocycles. The molecule has 0 fully saturated rings. The van der Waals surface area contributed by atoms with Gasteiger partial charge in [-0.1, -0.05) is 45.0 Å². The predicted molar refractivity (Wildman–Crippen MR) is 89.7 cm³/mol. The topological polar surface area (TPSA) is 29.0 Å². The Balaban J connectivity index is 1.79. The summed E-state index contributed by atoms with van der Waals surface area (Å²) in [5.74, 6) is 0.948. The molecule has 0 unspecified atom stereocenters. The van der Waals surface area contributed by atoms with Gasteiger partial charge in [-0.15, -0.1) is 0 Å². The van der Waals surface area contributed by atoms with Crippen molar-refractivity contribution in [2.24, 2.45) is 0 Å². The lowest BCUT2D eigenvalue weighted by Crippen LogP contribution is -2.32. The first-order valence-corrected chi connectivity index (χ1v) is 8.05. The third kappa shape index (κ3) is 3.20. The highest BCUT2D eigenvalue weighted by molar-refractivity contribution is 5.27. The van der Waals surface area contributed by atoms with Crippen LogP contribution in [0.15, 0.2) is 30.5 Å². The molecule has 0 bridgehead atoms. The summed E-state index contributed by atoms with van der Waals surface area (Å²) in [5.41, 5.74) is 5.31. The quantitative estimate of drug-likeness (QED) is 0.847. The molecule has 0 aliphatic carbocycles. The van der Waals surface area contributed by atoms with Crippen molar-refractivity contribution in [3.05, 3.63) is 58.7 Å². The van der Waals surface area contributed by atoms with E-state index < -0.39 is 0 Å². The highest BCUT2D eigenvalue weighted by Crippen LogP contribution is 2.23. The first kappa shape index (κ1) is 15.2. The number of aromatic nitrogens is 2. The van der Waals surface area contributed by atoms with Gasteiger partial charge >= 0.3 is 0 Å². The summed E-state index contributed by atoms with van der Waals surface area (Å²) in [6, 6.07) is 8.64. The molecule has 1 aromatic heterocycles. The largest absolute Gasteiger partial charge is 0.293 e. The van der Waals surface area contributed by atoms with Crippen molar-refractivity contribution in [3.63, 3.8) is 0 Å². The van der Waals surface area contributed by atoms with Gasteiger partial charge in [-0.05, 0) is 30.0 Å². The molecule has 2 aromatic rings. The van der Waals surface area contributed by atoms with E-state index >= 15 is 0 Å². The molecule has 3 nitrogen and oxygen atoms in total. The maximum atomic E-state index is 4.85. The van der Waals surface area contributed by atoms with Gasteiger partial charge in [0.25, 0.3) is 0 Å². The minimum absolute atomic E-state index is 0.00727. The average molecular weight is 295 g/mol. The molecule has 0 spiro atoms. The molecule has 0 atom stereocenters. The minimum Gasteiger partial charge on any atom is -0.293 e. The average Bonchev–Trinajstić information content (AvgIpc) is 2.48. The molecule has 3 rings (SSSR count). The molecule has 0 radical (unpaired) electrons. The number of nitrogens with zero attached hydrogens (tertiary/aromatic N) is 3. The van der Waals surface area contributed by atoms with Gasteiger partial charge in [-0.2, -0.15) is 0 Å². The number of hydrogen-bond acceptors (Lipinski definition) is 3. The van der Waals surface area contributed by atoms with E-state index in [0.717, 1.165) is 31.9 Å². The van der Waals surface area contributed by atoms with E-state index in [1.54, 1.807) is 0 Å². The normalized spacial score (nSPS) is 15.6.